The molecule has 0 aliphatic carbocycles. The van der Waals surface area contributed by atoms with E-state index in [2.05, 4.69) is 43.3 Å². The quantitative estimate of drug-likeness (QED) is 0.706. The summed E-state index contributed by atoms with van der Waals surface area (Å²) in [6.45, 7) is 6.92. The Bertz CT molecular complexity index is 285. The Morgan fingerprint density at radius 2 is 1.93 bits per heavy atom. The first-order valence-corrected chi connectivity index (χ1v) is 5.09. The van der Waals surface area contributed by atoms with Crippen molar-refractivity contribution in [2.24, 2.45) is 0 Å². The van der Waals surface area contributed by atoms with Crippen molar-refractivity contribution in [1.29, 1.82) is 0 Å². The second-order valence-electron chi connectivity index (χ2n) is 3.43. The zero-order valence-corrected chi connectivity index (χ0v) is 9.16. The lowest BCUT2D eigenvalue weighted by Gasteiger charge is -2.04. The van der Waals surface area contributed by atoms with Crippen LogP contribution in [0, 0.1) is 6.92 Å². The van der Waals surface area contributed by atoms with Crippen LogP contribution in [0.5, 0.6) is 0 Å². The summed E-state index contributed by atoms with van der Waals surface area (Å²) in [5.74, 6) is 0. The maximum absolute atomic E-state index is 5.40. The summed E-state index contributed by atoms with van der Waals surface area (Å²) in [6.07, 6.45) is 4.37. The van der Waals surface area contributed by atoms with Crippen molar-refractivity contribution >= 4 is 6.08 Å². The molecule has 0 N–H and O–H groups in total. The van der Waals surface area contributed by atoms with Crippen LogP contribution in [0.15, 0.2) is 30.3 Å². The van der Waals surface area contributed by atoms with Gasteiger partial charge in [0.1, 0.15) is 0 Å². The lowest BCUT2D eigenvalue weighted by molar-refractivity contribution is 0.110. The molecule has 1 heteroatoms. The Balaban J connectivity index is 2.55. The first-order chi connectivity index (χ1) is 6.72. The Morgan fingerprint density at radius 3 is 2.50 bits per heavy atom. The number of hydrogen-bond acceptors (Lipinski definition) is 1. The van der Waals surface area contributed by atoms with Gasteiger partial charge in [0.25, 0.3) is 0 Å². The third-order valence-corrected chi connectivity index (χ3v) is 2.07. The minimum Gasteiger partial charge on any atom is -0.375 e. The minimum absolute atomic E-state index is 0.196. The monoisotopic (exact) mass is 190 g/mol. The molecular formula is C13H18O. The lowest BCUT2D eigenvalue weighted by Crippen LogP contribution is -2.02. The molecule has 1 unspecified atom stereocenters. The molecular weight excluding hydrogens is 172 g/mol. The van der Waals surface area contributed by atoms with E-state index in [9.17, 15) is 0 Å². The third-order valence-electron chi connectivity index (χ3n) is 2.07. The molecule has 76 valence electrons. The van der Waals surface area contributed by atoms with E-state index in [1.807, 2.05) is 13.8 Å². The number of aryl methyl sites for hydroxylation is 1. The molecule has 0 aliphatic heterocycles. The SMILES string of the molecule is CCOC(C)/C=C/c1ccc(C)cc1. The second-order valence-corrected chi connectivity index (χ2v) is 3.43. The molecule has 1 rings (SSSR count). The van der Waals surface area contributed by atoms with Gasteiger partial charge in [0.2, 0.25) is 0 Å². The van der Waals surface area contributed by atoms with Gasteiger partial charge in [-0.3, -0.25) is 0 Å². The zero-order chi connectivity index (χ0) is 10.4. The zero-order valence-electron chi connectivity index (χ0n) is 9.16. The summed E-state index contributed by atoms with van der Waals surface area (Å²) in [5.41, 5.74) is 2.52. The highest BCUT2D eigenvalue weighted by atomic mass is 16.5. The van der Waals surface area contributed by atoms with Crippen molar-refractivity contribution in [3.8, 4) is 0 Å². The maximum atomic E-state index is 5.40. The van der Waals surface area contributed by atoms with Crippen molar-refractivity contribution in [2.75, 3.05) is 6.61 Å². The van der Waals surface area contributed by atoms with Gasteiger partial charge in [0, 0.05) is 6.61 Å². The molecule has 0 saturated carbocycles. The average Bonchev–Trinajstić information content (AvgIpc) is 2.17. The van der Waals surface area contributed by atoms with Gasteiger partial charge in [-0.15, -0.1) is 0 Å². The van der Waals surface area contributed by atoms with E-state index in [4.69, 9.17) is 4.74 Å². The van der Waals surface area contributed by atoms with Gasteiger partial charge in [0.05, 0.1) is 6.10 Å². The predicted molar refractivity (Wildman–Crippen MR) is 61.3 cm³/mol. The molecule has 0 spiro atoms. The van der Waals surface area contributed by atoms with Crippen LogP contribution in [0.1, 0.15) is 25.0 Å². The van der Waals surface area contributed by atoms with Crippen LogP contribution < -0.4 is 0 Å². The number of benzene rings is 1. The second kappa shape index (κ2) is 5.61. The van der Waals surface area contributed by atoms with Crippen LogP contribution in [0.4, 0.5) is 0 Å². The summed E-state index contributed by atoms with van der Waals surface area (Å²) in [6, 6.07) is 8.46. The Labute approximate surface area is 86.4 Å². The minimum atomic E-state index is 0.196. The van der Waals surface area contributed by atoms with E-state index in [1.54, 1.807) is 0 Å². The molecule has 0 amide bonds. The van der Waals surface area contributed by atoms with Crippen LogP contribution in [0.25, 0.3) is 6.08 Å². The standard InChI is InChI=1S/C13H18O/c1-4-14-12(3)7-10-13-8-5-11(2)6-9-13/h5-10,12H,4H2,1-3H3/b10-7+. The smallest absolute Gasteiger partial charge is 0.0730 e. The molecule has 0 aromatic heterocycles. The van der Waals surface area contributed by atoms with Gasteiger partial charge in [-0.25, -0.2) is 0 Å². The highest BCUT2D eigenvalue weighted by molar-refractivity contribution is 5.49. The molecule has 0 radical (unpaired) electrons. The van der Waals surface area contributed by atoms with E-state index in [-0.39, 0.29) is 6.10 Å². The van der Waals surface area contributed by atoms with Crippen LogP contribution in [-0.2, 0) is 4.74 Å². The van der Waals surface area contributed by atoms with Crippen LogP contribution in [-0.4, -0.2) is 12.7 Å². The molecule has 1 nitrogen and oxygen atoms in total. The van der Waals surface area contributed by atoms with E-state index >= 15 is 0 Å². The van der Waals surface area contributed by atoms with Gasteiger partial charge < -0.3 is 4.74 Å². The van der Waals surface area contributed by atoms with Crippen LogP contribution in [0.3, 0.4) is 0 Å². The van der Waals surface area contributed by atoms with E-state index in [0.29, 0.717) is 0 Å². The summed E-state index contributed by atoms with van der Waals surface area (Å²) < 4.78 is 5.40. The van der Waals surface area contributed by atoms with Crippen LogP contribution in [0.2, 0.25) is 0 Å². The van der Waals surface area contributed by atoms with Gasteiger partial charge in [-0.1, -0.05) is 42.0 Å². The molecule has 14 heavy (non-hydrogen) atoms. The molecule has 1 atom stereocenters. The Kier molecular flexibility index (Phi) is 4.41. The fourth-order valence-corrected chi connectivity index (χ4v) is 1.24. The molecule has 1 aromatic carbocycles. The third kappa shape index (κ3) is 3.75. The van der Waals surface area contributed by atoms with Crippen molar-refractivity contribution in [2.45, 2.75) is 26.9 Å². The summed E-state index contributed by atoms with van der Waals surface area (Å²) in [7, 11) is 0. The van der Waals surface area contributed by atoms with E-state index in [0.717, 1.165) is 6.61 Å². The van der Waals surface area contributed by atoms with Gasteiger partial charge >= 0.3 is 0 Å². The summed E-state index contributed by atoms with van der Waals surface area (Å²) in [4.78, 5) is 0. The molecule has 0 aliphatic rings. The predicted octanol–water partition coefficient (Wildman–Crippen LogP) is 3.43. The molecule has 0 saturated heterocycles. The van der Waals surface area contributed by atoms with E-state index < -0.39 is 0 Å². The van der Waals surface area contributed by atoms with E-state index in [1.165, 1.54) is 11.1 Å². The highest BCUT2D eigenvalue weighted by Gasteiger charge is 1.93. The average molecular weight is 190 g/mol. The molecule has 0 bridgehead atoms. The van der Waals surface area contributed by atoms with Gasteiger partial charge in [-0.05, 0) is 26.3 Å². The molecule has 1 aromatic rings. The van der Waals surface area contributed by atoms with Crippen molar-refractivity contribution < 1.29 is 4.74 Å². The number of ether oxygens (including phenoxy) is 1. The topological polar surface area (TPSA) is 9.23 Å². The first kappa shape index (κ1) is 11.0. The fourth-order valence-electron chi connectivity index (χ4n) is 1.24. The van der Waals surface area contributed by atoms with Gasteiger partial charge in [-0.2, -0.15) is 0 Å². The molecule has 0 fully saturated rings. The normalized spacial score (nSPS) is 13.4. The Hall–Kier alpha value is -1.08. The molecule has 0 heterocycles. The fraction of sp³-hybridized carbons (Fsp3) is 0.385. The van der Waals surface area contributed by atoms with Crippen molar-refractivity contribution in [3.05, 3.63) is 41.5 Å². The highest BCUT2D eigenvalue weighted by Crippen LogP contribution is 2.06. The van der Waals surface area contributed by atoms with Crippen molar-refractivity contribution in [1.82, 2.24) is 0 Å². The first-order valence-electron chi connectivity index (χ1n) is 5.09. The van der Waals surface area contributed by atoms with Gasteiger partial charge in [0.15, 0.2) is 0 Å². The summed E-state index contributed by atoms with van der Waals surface area (Å²) in [5, 5.41) is 0. The van der Waals surface area contributed by atoms with Crippen molar-refractivity contribution in [3.63, 3.8) is 0 Å². The largest absolute Gasteiger partial charge is 0.375 e. The number of rotatable bonds is 4. The number of hydrogen-bond donors (Lipinski definition) is 0. The summed E-state index contributed by atoms with van der Waals surface area (Å²) >= 11 is 0. The Morgan fingerprint density at radius 1 is 1.29 bits per heavy atom. The maximum Gasteiger partial charge on any atom is 0.0730 e. The van der Waals surface area contributed by atoms with Crippen LogP contribution >= 0.6 is 0 Å². The lowest BCUT2D eigenvalue weighted by atomic mass is 10.1.